The summed E-state index contributed by atoms with van der Waals surface area (Å²) in [5, 5.41) is 6.59. The van der Waals surface area contributed by atoms with E-state index in [4.69, 9.17) is 0 Å². The molecule has 2 saturated heterocycles. The topological polar surface area (TPSA) is 113 Å². The quantitative estimate of drug-likeness (QED) is 0.234. The van der Waals surface area contributed by atoms with Gasteiger partial charge in [-0.3, -0.25) is 9.59 Å². The van der Waals surface area contributed by atoms with Crippen LogP contribution in [0.15, 0.2) is 53.3 Å². The normalized spacial score (nSPS) is 25.5. The summed E-state index contributed by atoms with van der Waals surface area (Å²) in [5.74, 6) is 1.22. The number of nitrogens with one attached hydrogen (secondary N) is 4. The Morgan fingerprint density at radius 1 is 0.583 bits per heavy atom. The van der Waals surface area contributed by atoms with Gasteiger partial charge >= 0.3 is 5.69 Å². The number of piperidine rings is 2. The highest BCUT2D eigenvalue weighted by molar-refractivity contribution is 5.97. The molecule has 2 amide bonds. The molecule has 9 nitrogen and oxygen atoms in total. The van der Waals surface area contributed by atoms with E-state index in [2.05, 4.69) is 30.4 Å². The van der Waals surface area contributed by atoms with Gasteiger partial charge in [-0.2, -0.15) is 0 Å². The minimum Gasteiger partial charge on any atom is -0.349 e. The van der Waals surface area contributed by atoms with Crippen LogP contribution in [0.4, 0.5) is 0 Å². The standard InChI is InChI=1S/C20H28N4O2.C19H28N2O/c25-19(14-8-9-17-18(12-14)23-20(26)22-17)21-16-7-3-2-6-15(16)13-24-10-4-1-5-11-24;22-19(16-9-3-1-4-10-16)20-18-12-6-5-11-17(18)15-21-13-7-2-8-14-21/h8-9,12,15-16H,1-7,10-11,13H2,(H,21,25)(H2,22,23,26);1,3-4,9-10,17-18H,2,5-8,11-15H2,(H,20,22)/t15-,16+;17-,18+/m00/s1. The minimum atomic E-state index is -0.244. The number of amides is 2. The maximum Gasteiger partial charge on any atom is 0.323 e. The number of benzene rings is 2. The van der Waals surface area contributed by atoms with Crippen LogP contribution in [0.1, 0.15) is 111 Å². The summed E-state index contributed by atoms with van der Waals surface area (Å²) in [7, 11) is 0. The van der Waals surface area contributed by atoms with Crippen molar-refractivity contribution in [1.29, 1.82) is 0 Å². The summed E-state index contributed by atoms with van der Waals surface area (Å²) in [6.07, 6.45) is 17.7. The van der Waals surface area contributed by atoms with Crippen LogP contribution in [0.3, 0.4) is 0 Å². The van der Waals surface area contributed by atoms with E-state index >= 15 is 0 Å². The van der Waals surface area contributed by atoms with Gasteiger partial charge in [-0.25, -0.2) is 4.79 Å². The smallest absolute Gasteiger partial charge is 0.323 e. The molecule has 3 heterocycles. The molecular weight excluding hydrogens is 600 g/mol. The van der Waals surface area contributed by atoms with Crippen molar-refractivity contribution >= 4 is 22.8 Å². The lowest BCUT2D eigenvalue weighted by Gasteiger charge is -2.37. The fourth-order valence-corrected chi connectivity index (χ4v) is 8.45. The van der Waals surface area contributed by atoms with Crippen molar-refractivity contribution in [2.75, 3.05) is 39.3 Å². The zero-order valence-electron chi connectivity index (χ0n) is 28.7. The van der Waals surface area contributed by atoms with Gasteiger partial charge in [0, 0.05) is 36.3 Å². The number of fused-ring (bicyclic) bond motifs is 1. The predicted octanol–water partition coefficient (Wildman–Crippen LogP) is 6.09. The molecule has 0 spiro atoms. The molecule has 48 heavy (non-hydrogen) atoms. The first-order chi connectivity index (χ1) is 23.5. The summed E-state index contributed by atoms with van der Waals surface area (Å²) in [6.45, 7) is 7.17. The highest BCUT2D eigenvalue weighted by Crippen LogP contribution is 2.28. The van der Waals surface area contributed by atoms with Crippen molar-refractivity contribution in [1.82, 2.24) is 30.4 Å². The van der Waals surface area contributed by atoms with E-state index < -0.39 is 0 Å². The fraction of sp³-hybridized carbons (Fsp3) is 0.615. The Hall–Kier alpha value is -3.43. The van der Waals surface area contributed by atoms with Crippen LogP contribution in [0.2, 0.25) is 0 Å². The molecule has 7 rings (SSSR count). The van der Waals surface area contributed by atoms with E-state index in [-0.39, 0.29) is 23.5 Å². The molecule has 4 aliphatic rings. The van der Waals surface area contributed by atoms with E-state index in [0.29, 0.717) is 29.0 Å². The lowest BCUT2D eigenvalue weighted by atomic mass is 9.83. The predicted molar refractivity (Wildman–Crippen MR) is 192 cm³/mol. The lowest BCUT2D eigenvalue weighted by Crippen LogP contribution is -2.47. The molecule has 2 aromatic carbocycles. The minimum absolute atomic E-state index is 0.0375. The van der Waals surface area contributed by atoms with Crippen LogP contribution in [-0.2, 0) is 0 Å². The van der Waals surface area contributed by atoms with Gasteiger partial charge in [0.15, 0.2) is 0 Å². The average molecular weight is 657 g/mol. The Morgan fingerprint density at radius 3 is 1.65 bits per heavy atom. The van der Waals surface area contributed by atoms with Gasteiger partial charge in [-0.15, -0.1) is 0 Å². The van der Waals surface area contributed by atoms with Crippen molar-refractivity contribution < 1.29 is 9.59 Å². The molecule has 4 N–H and O–H groups in total. The third kappa shape index (κ3) is 9.59. The number of carbonyl (C=O) groups is 2. The molecule has 1 aromatic heterocycles. The molecule has 3 aromatic rings. The van der Waals surface area contributed by atoms with Crippen molar-refractivity contribution in [3.63, 3.8) is 0 Å². The Kier molecular flexibility index (Phi) is 12.4. The molecule has 2 aliphatic carbocycles. The molecule has 0 unspecified atom stereocenters. The van der Waals surface area contributed by atoms with Gasteiger partial charge in [-0.05, 0) is 120 Å². The number of carbonyl (C=O) groups excluding carboxylic acids is 2. The molecule has 2 saturated carbocycles. The number of hydrogen-bond acceptors (Lipinski definition) is 5. The number of aromatic nitrogens is 2. The van der Waals surface area contributed by atoms with E-state index in [1.807, 2.05) is 30.3 Å². The fourth-order valence-electron chi connectivity index (χ4n) is 8.45. The first kappa shape index (κ1) is 34.4. The summed E-state index contributed by atoms with van der Waals surface area (Å²) in [4.78, 5) is 47.2. The van der Waals surface area contributed by atoms with E-state index in [1.165, 1.54) is 110 Å². The molecule has 0 bridgehead atoms. The summed E-state index contributed by atoms with van der Waals surface area (Å²) < 4.78 is 0. The molecule has 4 atom stereocenters. The number of nitrogens with zero attached hydrogens (tertiary/aromatic N) is 2. The van der Waals surface area contributed by atoms with Crippen LogP contribution in [0, 0.1) is 11.8 Å². The second kappa shape index (κ2) is 17.3. The summed E-state index contributed by atoms with van der Waals surface area (Å²) >= 11 is 0. The van der Waals surface area contributed by atoms with Crippen molar-refractivity contribution in [2.24, 2.45) is 11.8 Å². The second-order valence-corrected chi connectivity index (χ2v) is 14.7. The van der Waals surface area contributed by atoms with Gasteiger partial charge in [0.05, 0.1) is 11.0 Å². The maximum absolute atomic E-state index is 12.8. The maximum atomic E-state index is 12.8. The summed E-state index contributed by atoms with van der Waals surface area (Å²) in [6, 6.07) is 15.5. The number of hydrogen-bond donors (Lipinski definition) is 4. The molecule has 9 heteroatoms. The first-order valence-corrected chi connectivity index (χ1v) is 18.9. The average Bonchev–Trinajstić information content (AvgIpc) is 3.51. The lowest BCUT2D eigenvalue weighted by molar-refractivity contribution is 0.0870. The monoisotopic (exact) mass is 656 g/mol. The van der Waals surface area contributed by atoms with E-state index in [0.717, 1.165) is 30.5 Å². The zero-order valence-corrected chi connectivity index (χ0v) is 28.7. The van der Waals surface area contributed by atoms with E-state index in [9.17, 15) is 14.4 Å². The largest absolute Gasteiger partial charge is 0.349 e. The third-order valence-electron chi connectivity index (χ3n) is 11.1. The van der Waals surface area contributed by atoms with E-state index in [1.54, 1.807) is 18.2 Å². The highest BCUT2D eigenvalue weighted by Gasteiger charge is 2.30. The highest BCUT2D eigenvalue weighted by atomic mass is 16.2. The van der Waals surface area contributed by atoms with Crippen LogP contribution in [-0.4, -0.2) is 82.9 Å². The second-order valence-electron chi connectivity index (χ2n) is 14.7. The van der Waals surface area contributed by atoms with Gasteiger partial charge in [0.1, 0.15) is 0 Å². The Balaban J connectivity index is 0.000000170. The molecule has 0 radical (unpaired) electrons. The van der Waals surface area contributed by atoms with Crippen LogP contribution < -0.4 is 16.3 Å². The van der Waals surface area contributed by atoms with Gasteiger partial charge in [0.25, 0.3) is 11.8 Å². The Bertz CT molecular complexity index is 1510. The molecular formula is C39H56N6O3. The number of aromatic amines is 2. The Morgan fingerprint density at radius 2 is 1.08 bits per heavy atom. The van der Waals surface area contributed by atoms with Crippen LogP contribution in [0.25, 0.3) is 11.0 Å². The van der Waals surface area contributed by atoms with Crippen molar-refractivity contribution in [3.8, 4) is 0 Å². The zero-order chi connectivity index (χ0) is 33.1. The van der Waals surface area contributed by atoms with Gasteiger partial charge in [-0.1, -0.05) is 56.7 Å². The van der Waals surface area contributed by atoms with Crippen LogP contribution in [0.5, 0.6) is 0 Å². The number of imidazole rings is 1. The number of rotatable bonds is 8. The Labute approximate surface area is 285 Å². The third-order valence-corrected chi connectivity index (χ3v) is 11.1. The van der Waals surface area contributed by atoms with Gasteiger partial charge < -0.3 is 30.4 Å². The molecule has 4 fully saturated rings. The van der Waals surface area contributed by atoms with Crippen molar-refractivity contribution in [2.45, 2.75) is 102 Å². The first-order valence-electron chi connectivity index (χ1n) is 18.9. The van der Waals surface area contributed by atoms with Gasteiger partial charge in [0.2, 0.25) is 0 Å². The van der Waals surface area contributed by atoms with Crippen LogP contribution >= 0.6 is 0 Å². The summed E-state index contributed by atoms with van der Waals surface area (Å²) in [5.41, 5.74) is 2.55. The molecule has 260 valence electrons. The number of likely N-dealkylation sites (tertiary alicyclic amines) is 2. The number of H-pyrrole nitrogens is 2. The molecule has 2 aliphatic heterocycles. The SMILES string of the molecule is O=C(N[C@@H]1CCCC[C@H]1CN1CCCCC1)c1ccc2[nH]c(=O)[nH]c2c1.O=C(N[C@@H]1CCCC[C@H]1CN1CCCCC1)c1ccccc1. The van der Waals surface area contributed by atoms with Crippen molar-refractivity contribution in [3.05, 3.63) is 70.1 Å².